The Morgan fingerprint density at radius 2 is 0.873 bits per heavy atom. The standard InChI is InChI=1S/C53H34N2/c1-4-13-34(14-5-1)39-29-31-46(42-20-9-3-8-19-40(39)42)50-33-49(35-15-6-2-7-16-35)54-53(55-50)48-32-30-44(41-21-10-11-22-43(41)48)45-27-25-38-24-23-36-17-12-18-37-26-28-47(45)52(38)51(36)37/h1-2,4-33H,3H2. The van der Waals surface area contributed by atoms with E-state index in [0.29, 0.717) is 5.82 Å². The van der Waals surface area contributed by atoms with Gasteiger partial charge in [0.2, 0.25) is 0 Å². The first kappa shape index (κ1) is 31.4. The Morgan fingerprint density at radius 1 is 0.345 bits per heavy atom. The third kappa shape index (κ3) is 5.18. The van der Waals surface area contributed by atoms with Crippen molar-refractivity contribution in [2.75, 3.05) is 0 Å². The second-order valence-electron chi connectivity index (χ2n) is 14.4. The van der Waals surface area contributed by atoms with E-state index in [-0.39, 0.29) is 0 Å². The van der Waals surface area contributed by atoms with Gasteiger partial charge in [-0.25, -0.2) is 9.97 Å². The lowest BCUT2D eigenvalue weighted by atomic mass is 9.87. The van der Waals surface area contributed by atoms with Crippen LogP contribution in [0.1, 0.15) is 17.5 Å². The van der Waals surface area contributed by atoms with Crippen LogP contribution in [-0.2, 0) is 0 Å². The van der Waals surface area contributed by atoms with E-state index in [2.05, 4.69) is 194 Å². The first-order valence-electron chi connectivity index (χ1n) is 19.0. The first-order valence-corrected chi connectivity index (χ1v) is 19.0. The van der Waals surface area contributed by atoms with Crippen LogP contribution < -0.4 is 0 Å². The summed E-state index contributed by atoms with van der Waals surface area (Å²) in [5.41, 5.74) is 12.2. The average molecular weight is 699 g/mol. The maximum atomic E-state index is 5.43. The normalized spacial score (nSPS) is 12.5. The predicted molar refractivity (Wildman–Crippen MR) is 233 cm³/mol. The highest BCUT2D eigenvalue weighted by atomic mass is 14.9. The van der Waals surface area contributed by atoms with Gasteiger partial charge < -0.3 is 0 Å². The predicted octanol–water partition coefficient (Wildman–Crippen LogP) is 14.3. The molecule has 10 aromatic rings. The summed E-state index contributed by atoms with van der Waals surface area (Å²) in [5, 5.41) is 10.1. The van der Waals surface area contributed by atoms with Crippen molar-refractivity contribution in [2.45, 2.75) is 6.42 Å². The van der Waals surface area contributed by atoms with Crippen LogP contribution >= 0.6 is 0 Å². The van der Waals surface area contributed by atoms with Crippen molar-refractivity contribution >= 4 is 55.2 Å². The summed E-state index contributed by atoms with van der Waals surface area (Å²) in [5.74, 6) is 0.712. The van der Waals surface area contributed by atoms with Gasteiger partial charge in [0.25, 0.3) is 0 Å². The Hall–Kier alpha value is -7.16. The molecule has 1 aromatic heterocycles. The molecule has 256 valence electrons. The summed E-state index contributed by atoms with van der Waals surface area (Å²) in [7, 11) is 0. The van der Waals surface area contributed by atoms with E-state index in [0.717, 1.165) is 39.9 Å². The Kier molecular flexibility index (Phi) is 7.28. The van der Waals surface area contributed by atoms with Crippen LogP contribution in [0.15, 0.2) is 182 Å². The molecule has 0 bridgehead atoms. The average Bonchev–Trinajstić information content (AvgIpc) is 3.52. The number of rotatable bonds is 5. The Labute approximate surface area is 319 Å². The molecule has 0 N–H and O–H groups in total. The van der Waals surface area contributed by atoms with E-state index in [4.69, 9.17) is 9.97 Å². The number of nitrogens with zero attached hydrogens (tertiary/aromatic N) is 2. The fourth-order valence-electron chi connectivity index (χ4n) is 8.70. The third-order valence-electron chi connectivity index (χ3n) is 11.3. The molecule has 0 atom stereocenters. The lowest BCUT2D eigenvalue weighted by Crippen LogP contribution is -1.99. The van der Waals surface area contributed by atoms with Crippen molar-refractivity contribution in [3.05, 3.63) is 193 Å². The molecule has 9 aromatic carbocycles. The lowest BCUT2D eigenvalue weighted by molar-refractivity contribution is 1.19. The SMILES string of the molecule is C1=Cc2c(-c3ccccc3)ccc(-c3cc(-c4ccccc4)nc(-c4ccc(-c5ccc6ccc7cccc8ccc5c6c78)c5ccccc45)n3)c2C=CC1. The fourth-order valence-corrected chi connectivity index (χ4v) is 8.70. The number of hydrogen-bond acceptors (Lipinski definition) is 2. The number of fused-ring (bicyclic) bond motifs is 2. The molecular formula is C53H34N2. The molecule has 1 aliphatic rings. The highest BCUT2D eigenvalue weighted by Gasteiger charge is 2.20. The highest BCUT2D eigenvalue weighted by Crippen LogP contribution is 2.43. The Balaban J connectivity index is 1.13. The van der Waals surface area contributed by atoms with Crippen molar-refractivity contribution in [3.8, 4) is 56.2 Å². The second-order valence-corrected chi connectivity index (χ2v) is 14.4. The van der Waals surface area contributed by atoms with Gasteiger partial charge in [-0.2, -0.15) is 0 Å². The van der Waals surface area contributed by atoms with E-state index in [1.165, 1.54) is 71.1 Å². The molecule has 0 spiro atoms. The molecule has 2 heteroatoms. The molecule has 1 heterocycles. The van der Waals surface area contributed by atoms with Crippen molar-refractivity contribution in [2.24, 2.45) is 0 Å². The number of allylic oxidation sites excluding steroid dienone is 2. The Bertz CT molecular complexity index is 3140. The van der Waals surface area contributed by atoms with Gasteiger partial charge in [0, 0.05) is 16.7 Å². The molecule has 0 aliphatic heterocycles. The van der Waals surface area contributed by atoms with E-state index >= 15 is 0 Å². The van der Waals surface area contributed by atoms with E-state index < -0.39 is 0 Å². The topological polar surface area (TPSA) is 25.8 Å². The fraction of sp³-hybridized carbons (Fsp3) is 0.0189. The summed E-state index contributed by atoms with van der Waals surface area (Å²) in [6.07, 6.45) is 9.91. The summed E-state index contributed by atoms with van der Waals surface area (Å²) in [6, 6.07) is 61.2. The molecule has 11 rings (SSSR count). The first-order chi connectivity index (χ1) is 27.3. The molecule has 0 amide bonds. The van der Waals surface area contributed by atoms with Gasteiger partial charge in [-0.15, -0.1) is 0 Å². The minimum Gasteiger partial charge on any atom is -0.228 e. The van der Waals surface area contributed by atoms with Crippen LogP contribution in [0.3, 0.4) is 0 Å². The van der Waals surface area contributed by atoms with E-state index in [1.807, 2.05) is 0 Å². The minimum atomic E-state index is 0.712. The molecule has 55 heavy (non-hydrogen) atoms. The number of hydrogen-bond donors (Lipinski definition) is 0. The van der Waals surface area contributed by atoms with Crippen LogP contribution in [0.5, 0.6) is 0 Å². The highest BCUT2D eigenvalue weighted by molar-refractivity contribution is 6.26. The van der Waals surface area contributed by atoms with Gasteiger partial charge in [0.1, 0.15) is 0 Å². The van der Waals surface area contributed by atoms with Crippen LogP contribution in [0.4, 0.5) is 0 Å². The zero-order chi connectivity index (χ0) is 36.3. The van der Waals surface area contributed by atoms with Crippen LogP contribution in [0.2, 0.25) is 0 Å². The van der Waals surface area contributed by atoms with Gasteiger partial charge in [0.05, 0.1) is 11.4 Å². The maximum Gasteiger partial charge on any atom is 0.161 e. The monoisotopic (exact) mass is 698 g/mol. The Morgan fingerprint density at radius 3 is 1.64 bits per heavy atom. The van der Waals surface area contributed by atoms with Crippen molar-refractivity contribution in [3.63, 3.8) is 0 Å². The van der Waals surface area contributed by atoms with Crippen LogP contribution in [-0.4, -0.2) is 9.97 Å². The van der Waals surface area contributed by atoms with Crippen molar-refractivity contribution < 1.29 is 0 Å². The summed E-state index contributed by atoms with van der Waals surface area (Å²) >= 11 is 0. The summed E-state index contributed by atoms with van der Waals surface area (Å²) in [4.78, 5) is 10.7. The van der Waals surface area contributed by atoms with Gasteiger partial charge in [0.15, 0.2) is 5.82 Å². The van der Waals surface area contributed by atoms with Crippen LogP contribution in [0, 0.1) is 0 Å². The molecule has 0 fully saturated rings. The zero-order valence-electron chi connectivity index (χ0n) is 30.1. The largest absolute Gasteiger partial charge is 0.228 e. The molecule has 0 saturated heterocycles. The molecule has 1 aliphatic carbocycles. The minimum absolute atomic E-state index is 0.712. The number of benzene rings is 9. The second kappa shape index (κ2) is 12.8. The van der Waals surface area contributed by atoms with Gasteiger partial charge in [-0.05, 0) is 95.0 Å². The summed E-state index contributed by atoms with van der Waals surface area (Å²) < 4.78 is 0. The van der Waals surface area contributed by atoms with Crippen molar-refractivity contribution in [1.29, 1.82) is 0 Å². The summed E-state index contributed by atoms with van der Waals surface area (Å²) in [6.45, 7) is 0. The maximum absolute atomic E-state index is 5.43. The molecule has 2 nitrogen and oxygen atoms in total. The van der Waals surface area contributed by atoms with E-state index in [9.17, 15) is 0 Å². The lowest BCUT2D eigenvalue weighted by Gasteiger charge is -2.18. The third-order valence-corrected chi connectivity index (χ3v) is 11.3. The van der Waals surface area contributed by atoms with E-state index in [1.54, 1.807) is 0 Å². The van der Waals surface area contributed by atoms with Gasteiger partial charge in [-0.1, -0.05) is 182 Å². The van der Waals surface area contributed by atoms with Crippen molar-refractivity contribution in [1.82, 2.24) is 9.97 Å². The molecular weight excluding hydrogens is 665 g/mol. The smallest absolute Gasteiger partial charge is 0.161 e. The molecule has 0 saturated carbocycles. The molecule has 0 radical (unpaired) electrons. The van der Waals surface area contributed by atoms with Gasteiger partial charge in [-0.3, -0.25) is 0 Å². The quantitative estimate of drug-likeness (QED) is 0.167. The molecule has 0 unspecified atom stereocenters. The van der Waals surface area contributed by atoms with Gasteiger partial charge >= 0.3 is 0 Å². The zero-order valence-corrected chi connectivity index (χ0v) is 30.1. The van der Waals surface area contributed by atoms with Crippen LogP contribution in [0.25, 0.3) is 111 Å². The number of aromatic nitrogens is 2.